The van der Waals surface area contributed by atoms with Gasteiger partial charge in [-0.05, 0) is 41.4 Å². The molecule has 3 aromatic rings. The monoisotopic (exact) mass is 562 g/mol. The zero-order valence-corrected chi connectivity index (χ0v) is 19.7. The summed E-state index contributed by atoms with van der Waals surface area (Å²) in [4.78, 5) is 15.9. The molecule has 6 nitrogen and oxygen atoms in total. The highest BCUT2D eigenvalue weighted by Gasteiger charge is 2.55. The summed E-state index contributed by atoms with van der Waals surface area (Å²) in [6.07, 6.45) is -2.80. The van der Waals surface area contributed by atoms with Crippen molar-refractivity contribution in [1.29, 1.82) is 0 Å². The van der Waals surface area contributed by atoms with Gasteiger partial charge in [-0.25, -0.2) is 4.98 Å². The van der Waals surface area contributed by atoms with Crippen LogP contribution in [-0.2, 0) is 14.8 Å². The third-order valence-electron chi connectivity index (χ3n) is 4.28. The lowest BCUT2D eigenvalue weighted by Gasteiger charge is -2.20. The van der Waals surface area contributed by atoms with Crippen molar-refractivity contribution in [1.82, 2.24) is 9.97 Å². The molecule has 0 saturated carbocycles. The Hall–Kier alpha value is -1.53. The first kappa shape index (κ1) is 25.1. The predicted octanol–water partition coefficient (Wildman–Crippen LogP) is 7.05. The number of H-pyrrole nitrogens is 1. The molecule has 0 bridgehead atoms. The number of benzene rings is 1. The number of alkyl halides is 5. The molecule has 0 saturated heterocycles. The molecule has 3 rings (SSSR count). The maximum absolute atomic E-state index is 14.9. The molecule has 0 aliphatic heterocycles. The topological polar surface area (TPSA) is 84.4 Å². The van der Waals surface area contributed by atoms with E-state index < -0.39 is 37.3 Å². The Balaban J connectivity index is 2.08. The molecule has 1 aromatic carbocycles. The molecule has 0 amide bonds. The number of nitrogens with one attached hydrogen (secondary N) is 1. The lowest BCUT2D eigenvalue weighted by Crippen LogP contribution is -2.14. The molecule has 0 fully saturated rings. The normalized spacial score (nSPS) is 14.6. The van der Waals surface area contributed by atoms with Gasteiger partial charge in [0.15, 0.2) is 0 Å². The van der Waals surface area contributed by atoms with Crippen LogP contribution in [0.3, 0.4) is 0 Å². The van der Waals surface area contributed by atoms with Gasteiger partial charge in [-0.15, -0.1) is 11.3 Å². The van der Waals surface area contributed by atoms with Crippen LogP contribution in [0.15, 0.2) is 29.1 Å². The number of imidazole rings is 1. The minimum atomic E-state index is -5.36. The van der Waals surface area contributed by atoms with Gasteiger partial charge in [0.05, 0.1) is 29.9 Å². The summed E-state index contributed by atoms with van der Waals surface area (Å²) < 4.78 is 89.2. The Bertz CT molecular complexity index is 1140. The molecule has 0 aliphatic carbocycles. The molecule has 0 radical (unpaired) electrons. The van der Waals surface area contributed by atoms with E-state index in [2.05, 4.69) is 30.4 Å². The van der Waals surface area contributed by atoms with E-state index in [4.69, 9.17) is 4.74 Å². The van der Waals surface area contributed by atoms with Gasteiger partial charge in [-0.3, -0.25) is 4.57 Å². The quantitative estimate of drug-likeness (QED) is 0.166. The number of ether oxygens (including phenoxy) is 1. The van der Waals surface area contributed by atoms with Crippen molar-refractivity contribution >= 4 is 44.9 Å². The summed E-state index contributed by atoms with van der Waals surface area (Å²) in [7, 11) is -5.36. The van der Waals surface area contributed by atoms with E-state index in [1.807, 2.05) is 0 Å². The standard InChI is InChI=1S/C18H17BrF5N2O4PS/c1-2-30-31(27,28)18(23,24)16-14(19)11-6-10(12-8-25-9-26-12)7-13(15(11)32-16)29-5-3-4-17(20,21)22/h6-9H,2-5H2,1H3,(H,25,26)(H,27,28). The Labute approximate surface area is 191 Å². The number of thiophene rings is 1. The summed E-state index contributed by atoms with van der Waals surface area (Å²) in [5.74, 6) is 0.0552. The SMILES string of the molecule is CCOP(=O)(O)C(F)(F)c1sc2c(OCCCC(F)(F)F)cc(-c3c[nH]cn3)cc2c1Br. The predicted molar refractivity (Wildman–Crippen MR) is 113 cm³/mol. The summed E-state index contributed by atoms with van der Waals surface area (Å²) in [5, 5.41) is 0.229. The van der Waals surface area contributed by atoms with E-state index >= 15 is 0 Å². The average Bonchev–Trinajstić information content (AvgIpc) is 3.33. The molecule has 0 spiro atoms. The molecule has 14 heteroatoms. The molecule has 2 aromatic heterocycles. The minimum Gasteiger partial charge on any atom is -0.492 e. The van der Waals surface area contributed by atoms with Gasteiger partial charge in [0, 0.05) is 28.0 Å². The maximum Gasteiger partial charge on any atom is 0.402 e. The van der Waals surface area contributed by atoms with Gasteiger partial charge in [0.1, 0.15) is 10.6 Å². The minimum absolute atomic E-state index is 0.0552. The van der Waals surface area contributed by atoms with Crippen molar-refractivity contribution in [3.05, 3.63) is 34.0 Å². The van der Waals surface area contributed by atoms with Gasteiger partial charge in [0.2, 0.25) is 0 Å². The second-order valence-corrected chi connectivity index (χ2v) is 10.3. The van der Waals surface area contributed by atoms with Crippen LogP contribution in [0.5, 0.6) is 5.75 Å². The zero-order valence-electron chi connectivity index (χ0n) is 16.4. The van der Waals surface area contributed by atoms with Gasteiger partial charge < -0.3 is 19.1 Å². The second-order valence-electron chi connectivity index (χ2n) is 6.60. The van der Waals surface area contributed by atoms with Crippen LogP contribution in [0.25, 0.3) is 21.3 Å². The molecule has 2 N–H and O–H groups in total. The van der Waals surface area contributed by atoms with Crippen molar-refractivity contribution in [3.63, 3.8) is 0 Å². The molecule has 0 aliphatic rings. The van der Waals surface area contributed by atoms with E-state index in [-0.39, 0.29) is 33.3 Å². The van der Waals surface area contributed by atoms with Crippen LogP contribution in [0.4, 0.5) is 22.0 Å². The fraction of sp³-hybridized carbons (Fsp3) is 0.389. The summed E-state index contributed by atoms with van der Waals surface area (Å²) in [5.41, 5.74) is -3.33. The molecule has 32 heavy (non-hydrogen) atoms. The van der Waals surface area contributed by atoms with E-state index in [1.54, 1.807) is 6.20 Å². The molecule has 1 unspecified atom stereocenters. The van der Waals surface area contributed by atoms with E-state index in [0.29, 0.717) is 22.6 Å². The van der Waals surface area contributed by atoms with Crippen molar-refractivity contribution in [3.8, 4) is 17.0 Å². The van der Waals surface area contributed by atoms with Gasteiger partial charge in [0.25, 0.3) is 0 Å². The van der Waals surface area contributed by atoms with Gasteiger partial charge in [-0.2, -0.15) is 22.0 Å². The van der Waals surface area contributed by atoms with E-state index in [0.717, 1.165) is 0 Å². The number of fused-ring (bicyclic) bond motifs is 1. The third-order valence-corrected chi connectivity index (χ3v) is 8.35. The van der Waals surface area contributed by atoms with Crippen LogP contribution in [0, 0.1) is 0 Å². The Morgan fingerprint density at radius 3 is 2.59 bits per heavy atom. The summed E-state index contributed by atoms with van der Waals surface area (Å²) in [6, 6.07) is 3.00. The average molecular weight is 563 g/mol. The van der Waals surface area contributed by atoms with Crippen LogP contribution < -0.4 is 4.74 Å². The largest absolute Gasteiger partial charge is 0.492 e. The molecular weight excluding hydrogens is 546 g/mol. The first-order valence-electron chi connectivity index (χ1n) is 9.18. The lowest BCUT2D eigenvalue weighted by molar-refractivity contribution is -0.136. The van der Waals surface area contributed by atoms with Gasteiger partial charge >= 0.3 is 19.4 Å². The van der Waals surface area contributed by atoms with E-state index in [1.165, 1.54) is 25.4 Å². The van der Waals surface area contributed by atoms with Crippen LogP contribution >= 0.6 is 34.9 Å². The van der Waals surface area contributed by atoms with E-state index in [9.17, 15) is 31.4 Å². The smallest absolute Gasteiger partial charge is 0.402 e. The molecule has 1 atom stereocenters. The zero-order chi connectivity index (χ0) is 23.7. The van der Waals surface area contributed by atoms with Crippen LogP contribution in [0.2, 0.25) is 0 Å². The lowest BCUT2D eigenvalue weighted by atomic mass is 10.1. The van der Waals surface area contributed by atoms with Crippen LogP contribution in [-0.4, -0.2) is 34.3 Å². The second kappa shape index (κ2) is 9.38. The molecule has 2 heterocycles. The summed E-state index contributed by atoms with van der Waals surface area (Å²) in [6.45, 7) is 0.599. The first-order chi connectivity index (χ1) is 14.9. The molecule has 176 valence electrons. The molecular formula is C18H17BrF5N2O4PS. The Morgan fingerprint density at radius 1 is 1.28 bits per heavy atom. The van der Waals surface area contributed by atoms with Crippen molar-refractivity contribution < 1.29 is 40.7 Å². The summed E-state index contributed by atoms with van der Waals surface area (Å²) >= 11 is 3.58. The maximum atomic E-state index is 14.9. The van der Waals surface area contributed by atoms with Gasteiger partial charge in [-0.1, -0.05) is 0 Å². The fourth-order valence-electron chi connectivity index (χ4n) is 2.85. The van der Waals surface area contributed by atoms with Crippen molar-refractivity contribution in [2.45, 2.75) is 31.6 Å². The number of aromatic amines is 1. The Morgan fingerprint density at radius 2 is 2.00 bits per heavy atom. The first-order valence-corrected chi connectivity index (χ1v) is 12.4. The number of aromatic nitrogens is 2. The fourth-order valence-corrected chi connectivity index (χ4v) is 6.31. The van der Waals surface area contributed by atoms with Crippen LogP contribution in [0.1, 0.15) is 24.6 Å². The van der Waals surface area contributed by atoms with Crippen molar-refractivity contribution in [2.24, 2.45) is 0 Å². The highest BCUT2D eigenvalue weighted by molar-refractivity contribution is 9.10. The number of hydrogen-bond donors (Lipinski definition) is 2. The Kier molecular flexibility index (Phi) is 7.36. The highest BCUT2D eigenvalue weighted by Crippen LogP contribution is 2.66. The number of hydrogen-bond acceptors (Lipinski definition) is 5. The van der Waals surface area contributed by atoms with Crippen molar-refractivity contribution in [2.75, 3.05) is 13.2 Å². The highest BCUT2D eigenvalue weighted by atomic mass is 79.9. The third kappa shape index (κ3) is 5.17. The number of nitrogens with zero attached hydrogens (tertiary/aromatic N) is 1. The number of halogens is 6. The number of rotatable bonds is 9.